The molecule has 2 unspecified atom stereocenters. The molecule has 1 fully saturated rings. The smallest absolute Gasteiger partial charge is 0.306 e. The molecule has 0 radical (unpaired) electrons. The molecule has 0 saturated carbocycles. The second kappa shape index (κ2) is 5.90. The van der Waals surface area contributed by atoms with E-state index in [1.54, 1.807) is 11.8 Å². The highest BCUT2D eigenvalue weighted by Crippen LogP contribution is 2.29. The molecule has 1 amide bonds. The highest BCUT2D eigenvalue weighted by Gasteiger charge is 2.39. The third-order valence-corrected chi connectivity index (χ3v) is 3.81. The zero-order valence-electron chi connectivity index (χ0n) is 12.3. The van der Waals surface area contributed by atoms with Crippen molar-refractivity contribution in [1.29, 1.82) is 0 Å². The predicted molar refractivity (Wildman–Crippen MR) is 73.5 cm³/mol. The first-order valence-corrected chi connectivity index (χ1v) is 6.87. The minimum atomic E-state index is -0.790. The van der Waals surface area contributed by atoms with Gasteiger partial charge >= 0.3 is 5.97 Å². The summed E-state index contributed by atoms with van der Waals surface area (Å²) in [6, 6.07) is 0. The zero-order chi connectivity index (χ0) is 14.8. The molecule has 5 nitrogen and oxygen atoms in total. The van der Waals surface area contributed by atoms with Crippen LogP contribution in [0.4, 0.5) is 0 Å². The van der Waals surface area contributed by atoms with Crippen LogP contribution in [0.3, 0.4) is 0 Å². The summed E-state index contributed by atoms with van der Waals surface area (Å²) in [5, 5.41) is 8.93. The van der Waals surface area contributed by atoms with E-state index in [1.165, 1.54) is 0 Å². The number of amides is 1. The molecular formula is C14H26N2O3. The molecule has 3 N–H and O–H groups in total. The maximum atomic E-state index is 12.3. The number of carbonyl (C=O) groups is 2. The summed E-state index contributed by atoms with van der Waals surface area (Å²) in [5.41, 5.74) is 5.77. The molecule has 0 aliphatic carbocycles. The van der Waals surface area contributed by atoms with Crippen LogP contribution in [0.25, 0.3) is 0 Å². The average molecular weight is 270 g/mol. The zero-order valence-corrected chi connectivity index (χ0v) is 12.3. The van der Waals surface area contributed by atoms with Gasteiger partial charge in [-0.25, -0.2) is 0 Å². The monoisotopic (exact) mass is 270 g/mol. The molecule has 1 heterocycles. The van der Waals surface area contributed by atoms with Gasteiger partial charge in [0.05, 0.1) is 11.8 Å². The molecule has 0 aromatic heterocycles. The maximum absolute atomic E-state index is 12.3. The van der Waals surface area contributed by atoms with E-state index in [9.17, 15) is 9.59 Å². The van der Waals surface area contributed by atoms with Crippen molar-refractivity contribution in [3.8, 4) is 0 Å². The van der Waals surface area contributed by atoms with Crippen LogP contribution in [0.1, 0.15) is 34.1 Å². The largest absolute Gasteiger partial charge is 0.481 e. The minimum absolute atomic E-state index is 0.0678. The van der Waals surface area contributed by atoms with Gasteiger partial charge in [0, 0.05) is 25.6 Å². The van der Waals surface area contributed by atoms with E-state index in [-0.39, 0.29) is 29.1 Å². The Balaban J connectivity index is 2.50. The van der Waals surface area contributed by atoms with Crippen LogP contribution in [0.2, 0.25) is 0 Å². The first kappa shape index (κ1) is 16.0. The Hall–Kier alpha value is -1.10. The number of hydrogen-bond donors (Lipinski definition) is 2. The first-order chi connectivity index (χ1) is 8.65. The number of hydrogen-bond acceptors (Lipinski definition) is 3. The Labute approximate surface area is 115 Å². The summed E-state index contributed by atoms with van der Waals surface area (Å²) >= 11 is 0. The van der Waals surface area contributed by atoms with E-state index in [1.807, 2.05) is 0 Å². The SMILES string of the molecule is CC(C(=O)O)C1CN(C(=O)C(CN)CC(C)(C)C)C1. The van der Waals surface area contributed by atoms with Gasteiger partial charge < -0.3 is 15.7 Å². The van der Waals surface area contributed by atoms with Crippen molar-refractivity contribution >= 4 is 11.9 Å². The second-order valence-corrected chi connectivity index (χ2v) is 6.83. The Kier molecular flexibility index (Phi) is 4.96. The molecule has 1 rings (SSSR count). The van der Waals surface area contributed by atoms with Crippen LogP contribution in [0.5, 0.6) is 0 Å². The fraction of sp³-hybridized carbons (Fsp3) is 0.857. The molecule has 110 valence electrons. The maximum Gasteiger partial charge on any atom is 0.306 e. The molecular weight excluding hydrogens is 244 g/mol. The quantitative estimate of drug-likeness (QED) is 0.785. The molecule has 0 spiro atoms. The van der Waals surface area contributed by atoms with E-state index in [0.717, 1.165) is 6.42 Å². The molecule has 1 aliphatic heterocycles. The molecule has 2 atom stereocenters. The van der Waals surface area contributed by atoms with E-state index in [0.29, 0.717) is 19.6 Å². The Morgan fingerprint density at radius 2 is 1.89 bits per heavy atom. The number of carboxylic acid groups (broad SMARTS) is 1. The number of aliphatic carboxylic acids is 1. The Morgan fingerprint density at radius 3 is 2.26 bits per heavy atom. The van der Waals surface area contributed by atoms with Crippen LogP contribution >= 0.6 is 0 Å². The predicted octanol–water partition coefficient (Wildman–Crippen LogP) is 1.18. The van der Waals surface area contributed by atoms with Crippen molar-refractivity contribution in [2.75, 3.05) is 19.6 Å². The van der Waals surface area contributed by atoms with Crippen molar-refractivity contribution in [2.45, 2.75) is 34.1 Å². The van der Waals surface area contributed by atoms with Gasteiger partial charge in [0.2, 0.25) is 5.91 Å². The number of nitrogens with zero attached hydrogens (tertiary/aromatic N) is 1. The topological polar surface area (TPSA) is 83.6 Å². The van der Waals surface area contributed by atoms with Gasteiger partial charge in [0.15, 0.2) is 0 Å². The molecule has 0 bridgehead atoms. The second-order valence-electron chi connectivity index (χ2n) is 6.83. The molecule has 0 aromatic carbocycles. The van der Waals surface area contributed by atoms with E-state index < -0.39 is 5.97 Å². The molecule has 1 aliphatic rings. The minimum Gasteiger partial charge on any atom is -0.481 e. The van der Waals surface area contributed by atoms with Crippen molar-refractivity contribution < 1.29 is 14.7 Å². The van der Waals surface area contributed by atoms with E-state index in [4.69, 9.17) is 10.8 Å². The number of carbonyl (C=O) groups excluding carboxylic acids is 1. The summed E-state index contributed by atoms with van der Waals surface area (Å²) in [4.78, 5) is 24.9. The third kappa shape index (κ3) is 4.20. The summed E-state index contributed by atoms with van der Waals surface area (Å²) < 4.78 is 0. The summed E-state index contributed by atoms with van der Waals surface area (Å²) in [6.45, 7) is 9.42. The van der Waals surface area contributed by atoms with Crippen LogP contribution in [0.15, 0.2) is 0 Å². The van der Waals surface area contributed by atoms with Crippen molar-refractivity contribution in [3.05, 3.63) is 0 Å². The first-order valence-electron chi connectivity index (χ1n) is 6.87. The average Bonchev–Trinajstić information content (AvgIpc) is 2.21. The lowest BCUT2D eigenvalue weighted by Crippen LogP contribution is -2.56. The van der Waals surface area contributed by atoms with Gasteiger partial charge in [-0.1, -0.05) is 27.7 Å². The third-order valence-electron chi connectivity index (χ3n) is 3.81. The van der Waals surface area contributed by atoms with Gasteiger partial charge in [0.25, 0.3) is 0 Å². The van der Waals surface area contributed by atoms with Crippen molar-refractivity contribution in [1.82, 2.24) is 4.90 Å². The van der Waals surface area contributed by atoms with Crippen LogP contribution < -0.4 is 5.73 Å². The van der Waals surface area contributed by atoms with E-state index >= 15 is 0 Å². The van der Waals surface area contributed by atoms with Gasteiger partial charge in [0.1, 0.15) is 0 Å². The lowest BCUT2D eigenvalue weighted by molar-refractivity contribution is -0.152. The van der Waals surface area contributed by atoms with Gasteiger partial charge in [-0.3, -0.25) is 9.59 Å². The number of carboxylic acids is 1. The van der Waals surface area contributed by atoms with E-state index in [2.05, 4.69) is 20.8 Å². The summed E-state index contributed by atoms with van der Waals surface area (Å²) in [7, 11) is 0. The van der Waals surface area contributed by atoms with Crippen molar-refractivity contribution in [3.63, 3.8) is 0 Å². The fourth-order valence-corrected chi connectivity index (χ4v) is 2.48. The van der Waals surface area contributed by atoms with Gasteiger partial charge in [-0.15, -0.1) is 0 Å². The molecule has 0 aromatic rings. The van der Waals surface area contributed by atoms with Gasteiger partial charge in [-0.05, 0) is 11.8 Å². The number of nitrogens with two attached hydrogens (primary N) is 1. The van der Waals surface area contributed by atoms with Crippen molar-refractivity contribution in [2.24, 2.45) is 28.9 Å². The normalized spacial score (nSPS) is 19.7. The molecule has 1 saturated heterocycles. The highest BCUT2D eigenvalue weighted by atomic mass is 16.4. The Morgan fingerprint density at radius 1 is 1.37 bits per heavy atom. The number of likely N-dealkylation sites (tertiary alicyclic amines) is 1. The number of rotatable bonds is 5. The standard InChI is InChI=1S/C14H26N2O3/c1-9(13(18)19)11-7-16(8-11)12(17)10(6-15)5-14(2,3)4/h9-11H,5-8,15H2,1-4H3,(H,18,19). The van der Waals surface area contributed by atoms with Crippen LogP contribution in [-0.2, 0) is 9.59 Å². The molecule has 19 heavy (non-hydrogen) atoms. The summed E-state index contributed by atoms with van der Waals surface area (Å²) in [5.74, 6) is -1.17. The molecule has 5 heteroatoms. The highest BCUT2D eigenvalue weighted by molar-refractivity contribution is 5.80. The lowest BCUT2D eigenvalue weighted by atomic mass is 9.82. The van der Waals surface area contributed by atoms with Crippen LogP contribution in [-0.4, -0.2) is 41.5 Å². The fourth-order valence-electron chi connectivity index (χ4n) is 2.48. The van der Waals surface area contributed by atoms with Gasteiger partial charge in [-0.2, -0.15) is 0 Å². The Bertz CT molecular complexity index is 343. The lowest BCUT2D eigenvalue weighted by Gasteiger charge is -2.43. The summed E-state index contributed by atoms with van der Waals surface area (Å²) in [6.07, 6.45) is 0.762. The van der Waals surface area contributed by atoms with Crippen LogP contribution in [0, 0.1) is 23.2 Å².